The van der Waals surface area contributed by atoms with Gasteiger partial charge in [-0.2, -0.15) is 0 Å². The Morgan fingerprint density at radius 3 is 2.63 bits per heavy atom. The van der Waals surface area contributed by atoms with Crippen molar-refractivity contribution in [2.45, 2.75) is 45.8 Å². The Labute approximate surface area is 205 Å². The summed E-state index contributed by atoms with van der Waals surface area (Å²) in [7, 11) is 0. The summed E-state index contributed by atoms with van der Waals surface area (Å²) >= 11 is 0. The van der Waals surface area contributed by atoms with Gasteiger partial charge in [-0.1, -0.05) is 42.5 Å². The molecule has 0 bridgehead atoms. The number of nitrogens with zero attached hydrogens (tertiary/aromatic N) is 3. The second-order valence-corrected chi connectivity index (χ2v) is 9.49. The summed E-state index contributed by atoms with van der Waals surface area (Å²) in [5, 5.41) is 10.9. The third-order valence-electron chi connectivity index (χ3n) is 6.75. The number of hydrogen-bond acceptors (Lipinski definition) is 4. The summed E-state index contributed by atoms with van der Waals surface area (Å²) in [4.78, 5) is 19.8. The molecule has 35 heavy (non-hydrogen) atoms. The van der Waals surface area contributed by atoms with Crippen molar-refractivity contribution in [2.24, 2.45) is 0 Å². The zero-order valence-electron chi connectivity index (χ0n) is 20.4. The highest BCUT2D eigenvalue weighted by molar-refractivity contribution is 5.97. The van der Waals surface area contributed by atoms with Crippen LogP contribution < -0.4 is 9.64 Å². The van der Waals surface area contributed by atoms with Gasteiger partial charge in [-0.05, 0) is 61.7 Å². The number of fused-ring (bicyclic) bond motifs is 1. The van der Waals surface area contributed by atoms with Gasteiger partial charge in [-0.25, -0.2) is 4.98 Å². The first kappa shape index (κ1) is 23.1. The quantitative estimate of drug-likeness (QED) is 0.417. The molecule has 1 fully saturated rings. The number of amides is 1. The van der Waals surface area contributed by atoms with E-state index in [0.717, 1.165) is 45.0 Å². The van der Waals surface area contributed by atoms with Crippen LogP contribution in [0.4, 0.5) is 5.69 Å². The van der Waals surface area contributed by atoms with Crippen LogP contribution in [0.15, 0.2) is 66.7 Å². The van der Waals surface area contributed by atoms with E-state index in [-0.39, 0.29) is 18.4 Å². The summed E-state index contributed by atoms with van der Waals surface area (Å²) in [5.74, 6) is 1.67. The van der Waals surface area contributed by atoms with Gasteiger partial charge in [0.1, 0.15) is 24.3 Å². The van der Waals surface area contributed by atoms with E-state index in [1.165, 1.54) is 0 Å². The van der Waals surface area contributed by atoms with Crippen LogP contribution in [0.2, 0.25) is 0 Å². The van der Waals surface area contributed by atoms with Crippen molar-refractivity contribution in [1.29, 1.82) is 0 Å². The van der Waals surface area contributed by atoms with Crippen molar-refractivity contribution < 1.29 is 14.6 Å². The maximum atomic E-state index is 13.0. The smallest absolute Gasteiger partial charge is 0.227 e. The zero-order chi connectivity index (χ0) is 24.5. The lowest BCUT2D eigenvalue weighted by atomic mass is 10.1. The largest absolute Gasteiger partial charge is 0.491 e. The lowest BCUT2D eigenvalue weighted by molar-refractivity contribution is -0.117. The van der Waals surface area contributed by atoms with Crippen LogP contribution in [0.25, 0.3) is 11.0 Å². The first-order chi connectivity index (χ1) is 16.9. The van der Waals surface area contributed by atoms with Gasteiger partial charge in [0, 0.05) is 24.6 Å². The lowest BCUT2D eigenvalue weighted by Gasteiger charge is -2.20. The summed E-state index contributed by atoms with van der Waals surface area (Å²) in [6.07, 6.45) is -0.330. The minimum atomic E-state index is -0.726. The van der Waals surface area contributed by atoms with Crippen molar-refractivity contribution in [3.63, 3.8) is 0 Å². The van der Waals surface area contributed by atoms with Crippen LogP contribution in [-0.4, -0.2) is 39.8 Å². The van der Waals surface area contributed by atoms with E-state index in [4.69, 9.17) is 9.72 Å². The van der Waals surface area contributed by atoms with Gasteiger partial charge in [0.05, 0.1) is 17.6 Å². The van der Waals surface area contributed by atoms with E-state index in [1.54, 1.807) is 0 Å². The molecule has 3 aromatic carbocycles. The molecular formula is C29H31N3O3. The van der Waals surface area contributed by atoms with E-state index in [0.29, 0.717) is 19.5 Å². The van der Waals surface area contributed by atoms with Gasteiger partial charge in [0.25, 0.3) is 0 Å². The Kier molecular flexibility index (Phi) is 6.31. The van der Waals surface area contributed by atoms with Gasteiger partial charge in [0.2, 0.25) is 5.91 Å². The number of hydrogen-bond donors (Lipinski definition) is 1. The highest BCUT2D eigenvalue weighted by Gasteiger charge is 2.35. The molecule has 2 atom stereocenters. The van der Waals surface area contributed by atoms with Gasteiger partial charge < -0.3 is 19.3 Å². The molecule has 0 radical (unpaired) electrons. The predicted molar refractivity (Wildman–Crippen MR) is 138 cm³/mol. The average molecular weight is 470 g/mol. The predicted octanol–water partition coefficient (Wildman–Crippen LogP) is 4.92. The van der Waals surface area contributed by atoms with Crippen LogP contribution in [0.5, 0.6) is 5.75 Å². The van der Waals surface area contributed by atoms with Gasteiger partial charge >= 0.3 is 0 Å². The molecule has 1 saturated heterocycles. The second kappa shape index (κ2) is 9.55. The van der Waals surface area contributed by atoms with Crippen molar-refractivity contribution in [2.75, 3.05) is 18.1 Å². The Morgan fingerprint density at radius 1 is 1.03 bits per heavy atom. The second-order valence-electron chi connectivity index (χ2n) is 9.49. The number of aryl methyl sites for hydroxylation is 3. The van der Waals surface area contributed by atoms with Gasteiger partial charge in [0.15, 0.2) is 0 Å². The zero-order valence-corrected chi connectivity index (χ0v) is 20.4. The molecule has 6 heteroatoms. The number of aliphatic hydroxyl groups excluding tert-OH is 1. The minimum Gasteiger partial charge on any atom is -0.491 e. The molecule has 1 aromatic heterocycles. The molecule has 4 aromatic rings. The third kappa shape index (κ3) is 4.66. The van der Waals surface area contributed by atoms with Crippen molar-refractivity contribution in [3.8, 4) is 5.75 Å². The molecule has 0 aliphatic carbocycles. The normalized spacial score (nSPS) is 16.7. The molecular weight excluding hydrogens is 438 g/mol. The molecule has 180 valence electrons. The third-order valence-corrected chi connectivity index (χ3v) is 6.75. The van der Waals surface area contributed by atoms with Crippen LogP contribution in [0.3, 0.4) is 0 Å². The fraction of sp³-hybridized carbons (Fsp3) is 0.310. The first-order valence-corrected chi connectivity index (χ1v) is 12.1. The van der Waals surface area contributed by atoms with Crippen LogP contribution in [-0.2, 0) is 11.3 Å². The molecule has 1 amide bonds. The Morgan fingerprint density at radius 2 is 1.80 bits per heavy atom. The van der Waals surface area contributed by atoms with Crippen molar-refractivity contribution in [1.82, 2.24) is 9.55 Å². The van der Waals surface area contributed by atoms with Crippen LogP contribution in [0.1, 0.15) is 34.9 Å². The monoisotopic (exact) mass is 469 g/mol. The number of aliphatic hydroxyl groups is 1. The maximum Gasteiger partial charge on any atom is 0.227 e. The molecule has 0 saturated carbocycles. The van der Waals surface area contributed by atoms with E-state index < -0.39 is 6.10 Å². The Hall–Kier alpha value is -3.64. The SMILES string of the molecule is Cc1ccc(C)c(OCC(O)Cn2c(C3CC(=O)N(c4ccccc4C)C3)nc3ccccc32)c1. The number of carbonyl (C=O) groups excluding carboxylic acids is 1. The lowest BCUT2D eigenvalue weighted by Crippen LogP contribution is -2.27. The van der Waals surface area contributed by atoms with Gasteiger partial charge in [-0.15, -0.1) is 0 Å². The van der Waals surface area contributed by atoms with Crippen LogP contribution >= 0.6 is 0 Å². The summed E-state index contributed by atoms with van der Waals surface area (Å²) in [6.45, 7) is 7.14. The maximum absolute atomic E-state index is 13.0. The average Bonchev–Trinajstić information content (AvgIpc) is 3.40. The summed E-state index contributed by atoms with van der Waals surface area (Å²) < 4.78 is 8.03. The van der Waals surface area contributed by atoms with Gasteiger partial charge in [-0.3, -0.25) is 4.79 Å². The number of rotatable bonds is 7. The number of carbonyl (C=O) groups is 1. The van der Waals surface area contributed by atoms with E-state index in [2.05, 4.69) is 4.57 Å². The standard InChI is InChI=1S/C29H31N3O3/c1-19-12-13-21(3)27(14-19)35-18-23(33)17-32-26-11-7-5-9-24(26)30-29(32)22-15-28(34)31(16-22)25-10-6-4-8-20(25)2/h4-14,22-23,33H,15-18H2,1-3H3. The molecule has 5 rings (SSSR count). The highest BCUT2D eigenvalue weighted by Crippen LogP contribution is 2.34. The number of benzene rings is 3. The Balaban J connectivity index is 1.39. The summed E-state index contributed by atoms with van der Waals surface area (Å²) in [6, 6.07) is 22.0. The van der Waals surface area contributed by atoms with Crippen molar-refractivity contribution in [3.05, 3.63) is 89.2 Å². The fourth-order valence-electron chi connectivity index (χ4n) is 4.89. The number of para-hydroxylation sites is 3. The molecule has 6 nitrogen and oxygen atoms in total. The summed E-state index contributed by atoms with van der Waals surface area (Å²) in [5.41, 5.74) is 6.00. The number of ether oxygens (including phenoxy) is 1. The Bertz CT molecular complexity index is 1380. The molecule has 2 unspecified atom stereocenters. The molecule has 2 heterocycles. The van der Waals surface area contributed by atoms with E-state index >= 15 is 0 Å². The highest BCUT2D eigenvalue weighted by atomic mass is 16.5. The topological polar surface area (TPSA) is 67.6 Å². The van der Waals surface area contributed by atoms with E-state index in [9.17, 15) is 9.90 Å². The number of aromatic nitrogens is 2. The first-order valence-electron chi connectivity index (χ1n) is 12.1. The van der Waals surface area contributed by atoms with E-state index in [1.807, 2.05) is 92.4 Å². The fourth-order valence-corrected chi connectivity index (χ4v) is 4.89. The molecule has 0 spiro atoms. The van der Waals surface area contributed by atoms with Crippen molar-refractivity contribution >= 4 is 22.6 Å². The molecule has 1 aliphatic rings. The number of anilines is 1. The molecule has 1 N–H and O–H groups in total. The molecule has 1 aliphatic heterocycles. The minimum absolute atomic E-state index is 0.0540. The number of imidazole rings is 1. The van der Waals surface area contributed by atoms with Crippen LogP contribution in [0, 0.1) is 20.8 Å².